The van der Waals surface area contributed by atoms with Gasteiger partial charge in [0.15, 0.2) is 0 Å². The van der Waals surface area contributed by atoms with Gasteiger partial charge in [-0.2, -0.15) is 0 Å². The topological polar surface area (TPSA) is 70.9 Å². The largest absolute Gasteiger partial charge is 0.495 e. The highest BCUT2D eigenvalue weighted by molar-refractivity contribution is 6.33. The third-order valence-electron chi connectivity index (χ3n) is 1.59. The van der Waals surface area contributed by atoms with Gasteiger partial charge in [0, 0.05) is 5.02 Å². The Hall–Kier alpha value is -1.75. The van der Waals surface area contributed by atoms with E-state index in [0.717, 1.165) is 6.21 Å². The molecular weight excluding hydrogens is 220 g/mol. The van der Waals surface area contributed by atoms with Gasteiger partial charge in [0.2, 0.25) is 0 Å². The van der Waals surface area contributed by atoms with Crippen molar-refractivity contribution in [2.45, 2.75) is 0 Å². The van der Waals surface area contributed by atoms with Crippen molar-refractivity contribution in [3.05, 3.63) is 23.2 Å². The number of nitrogens with one attached hydrogen (secondary N) is 1. The molecule has 2 N–H and O–H groups in total. The number of hydrogen-bond acceptors (Lipinski definition) is 4. The van der Waals surface area contributed by atoms with Gasteiger partial charge in [0.1, 0.15) is 12.0 Å². The van der Waals surface area contributed by atoms with Crippen LogP contribution in [0.3, 0.4) is 0 Å². The third kappa shape index (κ3) is 3.14. The minimum atomic E-state index is -0.571. The molecule has 15 heavy (non-hydrogen) atoms. The summed E-state index contributed by atoms with van der Waals surface area (Å²) in [5, 5.41) is 13.7. The molecule has 1 rings (SSSR count). The monoisotopic (exact) mass is 228 g/mol. The van der Waals surface area contributed by atoms with E-state index in [1.807, 2.05) is 0 Å². The fourth-order valence-corrected chi connectivity index (χ4v) is 1.17. The molecule has 0 bridgehead atoms. The predicted molar refractivity (Wildman–Crippen MR) is 56.9 cm³/mol. The summed E-state index contributed by atoms with van der Waals surface area (Å²) in [6.07, 6.45) is 0.736. The third-order valence-corrected chi connectivity index (χ3v) is 1.83. The molecule has 5 nitrogen and oxygen atoms in total. The van der Waals surface area contributed by atoms with Gasteiger partial charge in [0.05, 0.1) is 12.8 Å². The predicted octanol–water partition coefficient (Wildman–Crippen LogP) is 1.75. The first-order valence-electron chi connectivity index (χ1n) is 3.99. The second-order valence-electron chi connectivity index (χ2n) is 2.58. The van der Waals surface area contributed by atoms with E-state index >= 15 is 0 Å². The van der Waals surface area contributed by atoms with Crippen molar-refractivity contribution in [1.82, 2.24) is 0 Å². The molecule has 0 heterocycles. The number of anilines is 1. The summed E-state index contributed by atoms with van der Waals surface area (Å²) in [4.78, 5) is 11.1. The number of ether oxygens (including phenoxy) is 1. The molecule has 0 saturated carbocycles. The van der Waals surface area contributed by atoms with Crippen molar-refractivity contribution >= 4 is 29.4 Å². The lowest BCUT2D eigenvalue weighted by molar-refractivity contribution is -0.110. The number of carbonyl (C=O) groups is 1. The first kappa shape index (κ1) is 11.3. The molecular formula is C9H9ClN2O3. The fraction of sp³-hybridized carbons (Fsp3) is 0.111. The normalized spacial score (nSPS) is 10.3. The number of rotatable bonds is 3. The number of oxime groups is 1. The summed E-state index contributed by atoms with van der Waals surface area (Å²) in [5.41, 5.74) is 0.412. The molecule has 0 unspecified atom stereocenters. The maximum atomic E-state index is 11.1. The van der Waals surface area contributed by atoms with Gasteiger partial charge in [-0.1, -0.05) is 16.8 Å². The molecule has 80 valence electrons. The molecule has 0 atom stereocenters. The minimum Gasteiger partial charge on any atom is -0.495 e. The highest BCUT2D eigenvalue weighted by Crippen LogP contribution is 2.27. The molecule has 1 aromatic carbocycles. The van der Waals surface area contributed by atoms with Gasteiger partial charge in [-0.15, -0.1) is 0 Å². The Kier molecular flexibility index (Phi) is 3.93. The molecule has 0 aromatic heterocycles. The van der Waals surface area contributed by atoms with Gasteiger partial charge in [-0.25, -0.2) is 0 Å². The van der Waals surface area contributed by atoms with Crippen LogP contribution in [0.15, 0.2) is 23.4 Å². The van der Waals surface area contributed by atoms with Crippen LogP contribution in [0.25, 0.3) is 0 Å². The summed E-state index contributed by atoms with van der Waals surface area (Å²) >= 11 is 5.74. The van der Waals surface area contributed by atoms with Crippen LogP contribution in [0, 0.1) is 0 Å². The lowest BCUT2D eigenvalue weighted by Crippen LogP contribution is -2.13. The average molecular weight is 229 g/mol. The SMILES string of the molecule is COc1ccc(Cl)cc1NC(=O)C=NO. The van der Waals surface area contributed by atoms with Gasteiger partial charge < -0.3 is 15.3 Å². The lowest BCUT2D eigenvalue weighted by Gasteiger charge is -2.08. The Morgan fingerprint density at radius 3 is 3.00 bits per heavy atom. The fourth-order valence-electron chi connectivity index (χ4n) is 0.995. The molecule has 1 aromatic rings. The zero-order valence-corrected chi connectivity index (χ0v) is 8.65. The van der Waals surface area contributed by atoms with Crippen molar-refractivity contribution < 1.29 is 14.7 Å². The van der Waals surface area contributed by atoms with Crippen molar-refractivity contribution in [2.75, 3.05) is 12.4 Å². The number of carbonyl (C=O) groups excluding carboxylic acids is 1. The van der Waals surface area contributed by atoms with E-state index in [9.17, 15) is 4.79 Å². The number of benzene rings is 1. The summed E-state index contributed by atoms with van der Waals surface area (Å²) in [6, 6.07) is 4.79. The van der Waals surface area contributed by atoms with Gasteiger partial charge in [-0.05, 0) is 18.2 Å². The summed E-state index contributed by atoms with van der Waals surface area (Å²) in [7, 11) is 1.47. The zero-order chi connectivity index (χ0) is 11.3. The van der Waals surface area contributed by atoms with Gasteiger partial charge >= 0.3 is 0 Å². The first-order chi connectivity index (χ1) is 7.17. The quantitative estimate of drug-likeness (QED) is 0.470. The molecule has 0 saturated heterocycles. The highest BCUT2D eigenvalue weighted by atomic mass is 35.5. The smallest absolute Gasteiger partial charge is 0.270 e. The van der Waals surface area contributed by atoms with Crippen LogP contribution in [0.5, 0.6) is 5.75 Å². The number of amides is 1. The van der Waals surface area contributed by atoms with Crippen molar-refractivity contribution in [3.63, 3.8) is 0 Å². The summed E-state index contributed by atoms with van der Waals surface area (Å²) < 4.78 is 5.00. The van der Waals surface area contributed by atoms with Crippen molar-refractivity contribution in [1.29, 1.82) is 0 Å². The second-order valence-corrected chi connectivity index (χ2v) is 3.01. The van der Waals surface area contributed by atoms with Crippen molar-refractivity contribution in [3.8, 4) is 5.75 Å². The highest BCUT2D eigenvalue weighted by Gasteiger charge is 2.06. The summed E-state index contributed by atoms with van der Waals surface area (Å²) in [6.45, 7) is 0. The average Bonchev–Trinajstić information content (AvgIpc) is 2.18. The van der Waals surface area contributed by atoms with E-state index in [1.54, 1.807) is 12.1 Å². The van der Waals surface area contributed by atoms with Crippen LogP contribution in [-0.2, 0) is 4.79 Å². The molecule has 0 radical (unpaired) electrons. The van der Waals surface area contributed by atoms with E-state index in [1.165, 1.54) is 13.2 Å². The van der Waals surface area contributed by atoms with Gasteiger partial charge in [0.25, 0.3) is 5.91 Å². The van der Waals surface area contributed by atoms with E-state index in [0.29, 0.717) is 16.5 Å². The van der Waals surface area contributed by atoms with E-state index < -0.39 is 5.91 Å². The zero-order valence-electron chi connectivity index (χ0n) is 7.90. The van der Waals surface area contributed by atoms with Crippen LogP contribution >= 0.6 is 11.6 Å². The van der Waals surface area contributed by atoms with Crippen LogP contribution in [0.2, 0.25) is 5.02 Å². The number of nitrogens with zero attached hydrogens (tertiary/aromatic N) is 1. The van der Waals surface area contributed by atoms with Gasteiger partial charge in [-0.3, -0.25) is 4.79 Å². The number of hydrogen-bond donors (Lipinski definition) is 2. The van der Waals surface area contributed by atoms with E-state index in [-0.39, 0.29) is 0 Å². The Morgan fingerprint density at radius 2 is 2.40 bits per heavy atom. The van der Waals surface area contributed by atoms with Crippen molar-refractivity contribution in [2.24, 2.45) is 5.16 Å². The van der Waals surface area contributed by atoms with Crippen LogP contribution in [0.4, 0.5) is 5.69 Å². The molecule has 6 heteroatoms. The molecule has 0 aliphatic heterocycles. The Morgan fingerprint density at radius 1 is 1.67 bits per heavy atom. The van der Waals surface area contributed by atoms with Crippen LogP contribution in [0.1, 0.15) is 0 Å². The molecule has 0 fully saturated rings. The number of halogens is 1. The Labute approximate surface area is 91.3 Å². The van der Waals surface area contributed by atoms with E-state index in [2.05, 4.69) is 10.5 Å². The molecule has 1 amide bonds. The Balaban J connectivity index is 2.91. The van der Waals surface area contributed by atoms with Crippen LogP contribution in [-0.4, -0.2) is 24.4 Å². The minimum absolute atomic E-state index is 0.412. The molecule has 0 aliphatic carbocycles. The second kappa shape index (κ2) is 5.21. The van der Waals surface area contributed by atoms with E-state index in [4.69, 9.17) is 21.5 Å². The number of methoxy groups -OCH3 is 1. The van der Waals surface area contributed by atoms with Crippen LogP contribution < -0.4 is 10.1 Å². The Bertz CT molecular complexity index is 393. The maximum Gasteiger partial charge on any atom is 0.270 e. The maximum absolute atomic E-state index is 11.1. The molecule has 0 spiro atoms. The first-order valence-corrected chi connectivity index (χ1v) is 4.37. The standard InChI is InChI=1S/C9H9ClN2O3/c1-15-8-3-2-6(10)4-7(8)12-9(13)5-11-14/h2-5,14H,1H3,(H,12,13). The lowest BCUT2D eigenvalue weighted by atomic mass is 10.3. The molecule has 0 aliphatic rings. The summed E-state index contributed by atoms with van der Waals surface area (Å²) in [5.74, 6) is -0.0999.